The summed E-state index contributed by atoms with van der Waals surface area (Å²) in [6, 6.07) is 4.76. The smallest absolute Gasteiger partial charge is 0.306 e. The minimum absolute atomic E-state index is 0.0291. The van der Waals surface area contributed by atoms with E-state index in [4.69, 9.17) is 16.3 Å². The molecule has 3 nitrogen and oxygen atoms in total. The molecule has 0 amide bonds. The number of hydrogen-bond donors (Lipinski definition) is 0. The molecular weight excluding hydrogens is 361 g/mol. The summed E-state index contributed by atoms with van der Waals surface area (Å²) in [5.41, 5.74) is -0.467. The highest BCUT2D eigenvalue weighted by molar-refractivity contribution is 9.10. The van der Waals surface area contributed by atoms with E-state index in [9.17, 15) is 14.4 Å². The normalized spacial score (nSPS) is 12.6. The molecule has 1 aromatic carbocycles. The number of ether oxygens (including phenoxy) is 1. The molecule has 0 radical (unpaired) electrons. The van der Waals surface area contributed by atoms with Crippen LogP contribution in [0.5, 0.6) is 0 Å². The predicted molar refractivity (Wildman–Crippen MR) is 82.5 cm³/mol. The molecule has 6 heteroatoms. The SMILES string of the molecule is CC(C)(C)OC(=O)CCC(C#N)c1c(F)cc(Br)cc1Cl. The molecule has 0 N–H and O–H groups in total. The number of benzene rings is 1. The summed E-state index contributed by atoms with van der Waals surface area (Å²) in [5.74, 6) is -1.78. The molecule has 21 heavy (non-hydrogen) atoms. The first kappa shape index (κ1) is 17.9. The van der Waals surface area contributed by atoms with Crippen molar-refractivity contribution >= 4 is 33.5 Å². The van der Waals surface area contributed by atoms with Crippen LogP contribution in [0.4, 0.5) is 4.39 Å². The second-order valence-corrected chi connectivity index (χ2v) is 6.91. The number of nitrogens with zero attached hydrogens (tertiary/aromatic N) is 1. The third-order valence-electron chi connectivity index (χ3n) is 2.61. The number of carbonyl (C=O) groups is 1. The van der Waals surface area contributed by atoms with Gasteiger partial charge in [0, 0.05) is 21.5 Å². The van der Waals surface area contributed by atoms with Crippen molar-refractivity contribution in [2.45, 2.75) is 45.1 Å². The summed E-state index contributed by atoms with van der Waals surface area (Å²) in [4.78, 5) is 11.7. The molecule has 0 bridgehead atoms. The molecule has 0 aliphatic carbocycles. The van der Waals surface area contributed by atoms with Gasteiger partial charge in [-0.1, -0.05) is 27.5 Å². The average molecular weight is 377 g/mol. The molecule has 0 aliphatic heterocycles. The monoisotopic (exact) mass is 375 g/mol. The van der Waals surface area contributed by atoms with E-state index < -0.39 is 23.3 Å². The molecule has 0 heterocycles. The maximum absolute atomic E-state index is 14.0. The molecule has 1 aromatic rings. The van der Waals surface area contributed by atoms with E-state index in [1.807, 2.05) is 6.07 Å². The van der Waals surface area contributed by atoms with Gasteiger partial charge in [-0.2, -0.15) is 5.26 Å². The second-order valence-electron chi connectivity index (χ2n) is 5.59. The van der Waals surface area contributed by atoms with Gasteiger partial charge in [-0.15, -0.1) is 0 Å². The Kier molecular flexibility index (Phi) is 6.18. The molecule has 1 rings (SSSR count). The summed E-state index contributed by atoms with van der Waals surface area (Å²) in [6.07, 6.45) is 0.186. The van der Waals surface area contributed by atoms with Crippen LogP contribution in [0.1, 0.15) is 45.1 Å². The third-order valence-corrected chi connectivity index (χ3v) is 3.38. The van der Waals surface area contributed by atoms with E-state index in [1.165, 1.54) is 12.1 Å². The quantitative estimate of drug-likeness (QED) is 0.697. The van der Waals surface area contributed by atoms with Crippen molar-refractivity contribution < 1.29 is 13.9 Å². The zero-order chi connectivity index (χ0) is 16.2. The molecule has 1 atom stereocenters. The lowest BCUT2D eigenvalue weighted by molar-refractivity contribution is -0.154. The Morgan fingerprint density at radius 3 is 2.62 bits per heavy atom. The average Bonchev–Trinajstić information content (AvgIpc) is 2.29. The van der Waals surface area contributed by atoms with Crippen molar-refractivity contribution in [3.63, 3.8) is 0 Å². The Balaban J connectivity index is 2.82. The van der Waals surface area contributed by atoms with Crippen LogP contribution in [-0.4, -0.2) is 11.6 Å². The van der Waals surface area contributed by atoms with Crippen LogP contribution in [0.3, 0.4) is 0 Å². The summed E-state index contributed by atoms with van der Waals surface area (Å²) < 4.78 is 19.6. The number of carbonyl (C=O) groups excluding carboxylic acids is 1. The maximum atomic E-state index is 14.0. The summed E-state index contributed by atoms with van der Waals surface area (Å²) in [6.45, 7) is 5.29. The lowest BCUT2D eigenvalue weighted by Crippen LogP contribution is -2.24. The van der Waals surface area contributed by atoms with E-state index in [1.54, 1.807) is 20.8 Å². The summed E-state index contributed by atoms with van der Waals surface area (Å²) in [7, 11) is 0. The van der Waals surface area contributed by atoms with Gasteiger partial charge >= 0.3 is 5.97 Å². The highest BCUT2D eigenvalue weighted by Crippen LogP contribution is 2.33. The van der Waals surface area contributed by atoms with Crippen molar-refractivity contribution in [1.29, 1.82) is 5.26 Å². The first-order valence-corrected chi connectivity index (χ1v) is 7.57. The van der Waals surface area contributed by atoms with Crippen LogP contribution >= 0.6 is 27.5 Å². The number of nitriles is 1. The number of halogens is 3. The van der Waals surface area contributed by atoms with Crippen molar-refractivity contribution in [2.75, 3.05) is 0 Å². The number of hydrogen-bond acceptors (Lipinski definition) is 3. The van der Waals surface area contributed by atoms with Gasteiger partial charge in [0.1, 0.15) is 11.4 Å². The van der Waals surface area contributed by atoms with E-state index in [0.29, 0.717) is 4.47 Å². The van der Waals surface area contributed by atoms with Crippen LogP contribution in [0.15, 0.2) is 16.6 Å². The van der Waals surface area contributed by atoms with Crippen molar-refractivity contribution in [2.24, 2.45) is 0 Å². The van der Waals surface area contributed by atoms with Gasteiger partial charge in [-0.05, 0) is 39.3 Å². The van der Waals surface area contributed by atoms with Crippen LogP contribution in [0.2, 0.25) is 5.02 Å². The Morgan fingerprint density at radius 2 is 2.14 bits per heavy atom. The van der Waals surface area contributed by atoms with Gasteiger partial charge in [-0.3, -0.25) is 4.79 Å². The number of rotatable bonds is 4. The van der Waals surface area contributed by atoms with E-state index in [-0.39, 0.29) is 23.4 Å². The van der Waals surface area contributed by atoms with Gasteiger partial charge in [0.15, 0.2) is 0 Å². The highest BCUT2D eigenvalue weighted by atomic mass is 79.9. The van der Waals surface area contributed by atoms with Crippen molar-refractivity contribution in [1.82, 2.24) is 0 Å². The molecular formula is C15H16BrClFNO2. The molecule has 1 unspecified atom stereocenters. The Bertz CT molecular complexity index is 555. The first-order chi connectivity index (χ1) is 9.64. The van der Waals surface area contributed by atoms with Gasteiger partial charge in [0.2, 0.25) is 0 Å². The minimum Gasteiger partial charge on any atom is -0.460 e. The fourth-order valence-corrected chi connectivity index (χ4v) is 2.72. The Morgan fingerprint density at radius 1 is 1.52 bits per heavy atom. The fraction of sp³-hybridized carbons (Fsp3) is 0.467. The predicted octanol–water partition coefficient (Wildman–Crippen LogP) is 4.97. The van der Waals surface area contributed by atoms with Crippen LogP contribution < -0.4 is 0 Å². The van der Waals surface area contributed by atoms with E-state index >= 15 is 0 Å². The van der Waals surface area contributed by atoms with Crippen LogP contribution in [-0.2, 0) is 9.53 Å². The second kappa shape index (κ2) is 7.24. The topological polar surface area (TPSA) is 50.1 Å². The standard InChI is InChI=1S/C15H16BrClFNO2/c1-15(2,3)21-13(20)5-4-9(8-19)14-11(17)6-10(16)7-12(14)18/h6-7,9H,4-5H2,1-3H3. The molecule has 0 saturated carbocycles. The van der Waals surface area contributed by atoms with E-state index in [2.05, 4.69) is 15.9 Å². The van der Waals surface area contributed by atoms with E-state index in [0.717, 1.165) is 0 Å². The van der Waals surface area contributed by atoms with Gasteiger partial charge in [0.05, 0.1) is 12.0 Å². The number of esters is 1. The maximum Gasteiger partial charge on any atom is 0.306 e. The Hall–Kier alpha value is -1.12. The van der Waals surface area contributed by atoms with Crippen LogP contribution in [0.25, 0.3) is 0 Å². The molecule has 114 valence electrons. The largest absolute Gasteiger partial charge is 0.460 e. The zero-order valence-corrected chi connectivity index (χ0v) is 14.4. The minimum atomic E-state index is -0.793. The highest BCUT2D eigenvalue weighted by Gasteiger charge is 2.22. The molecule has 0 spiro atoms. The summed E-state index contributed by atoms with van der Waals surface area (Å²) >= 11 is 9.12. The molecule has 0 aromatic heterocycles. The molecule has 0 fully saturated rings. The third kappa shape index (κ3) is 5.64. The van der Waals surface area contributed by atoms with Gasteiger partial charge in [-0.25, -0.2) is 4.39 Å². The Labute approximate surface area is 137 Å². The molecule has 0 saturated heterocycles. The van der Waals surface area contributed by atoms with Crippen molar-refractivity contribution in [3.05, 3.63) is 33.0 Å². The lowest BCUT2D eigenvalue weighted by Gasteiger charge is -2.20. The summed E-state index contributed by atoms with van der Waals surface area (Å²) in [5, 5.41) is 9.37. The first-order valence-electron chi connectivity index (χ1n) is 6.40. The zero-order valence-electron chi connectivity index (χ0n) is 12.0. The van der Waals surface area contributed by atoms with Gasteiger partial charge < -0.3 is 4.74 Å². The lowest BCUT2D eigenvalue weighted by atomic mass is 9.95. The van der Waals surface area contributed by atoms with Crippen molar-refractivity contribution in [3.8, 4) is 6.07 Å². The van der Waals surface area contributed by atoms with Gasteiger partial charge in [0.25, 0.3) is 0 Å². The fourth-order valence-electron chi connectivity index (χ4n) is 1.81. The van der Waals surface area contributed by atoms with Crippen LogP contribution in [0, 0.1) is 17.1 Å². The molecule has 0 aliphatic rings.